The molecular formula is C19H19N3O2S2. The average Bonchev–Trinajstić information content (AvgIpc) is 3.25. The number of thiophene rings is 1. The number of benzene rings is 1. The van der Waals surface area contributed by atoms with Gasteiger partial charge in [0.25, 0.3) is 0 Å². The van der Waals surface area contributed by atoms with Gasteiger partial charge in [-0.05, 0) is 23.9 Å². The molecule has 2 aromatic heterocycles. The van der Waals surface area contributed by atoms with E-state index in [1.165, 1.54) is 18.3 Å². The molecule has 0 saturated heterocycles. The number of nitrogens with one attached hydrogen (secondary N) is 2. The lowest BCUT2D eigenvalue weighted by molar-refractivity contribution is -0.120. The molecule has 0 aliphatic rings. The Labute approximate surface area is 160 Å². The van der Waals surface area contributed by atoms with Crippen LogP contribution >= 0.6 is 22.7 Å². The third-order valence-corrected chi connectivity index (χ3v) is 5.42. The van der Waals surface area contributed by atoms with E-state index >= 15 is 0 Å². The van der Waals surface area contributed by atoms with Crippen LogP contribution in [0.2, 0.25) is 0 Å². The minimum Gasteiger partial charge on any atom is -0.349 e. The fraction of sp³-hybridized carbons (Fsp3) is 0.211. The zero-order valence-electron chi connectivity index (χ0n) is 14.5. The van der Waals surface area contributed by atoms with Gasteiger partial charge in [0.05, 0.1) is 23.0 Å². The average molecular weight is 386 g/mol. The van der Waals surface area contributed by atoms with E-state index in [4.69, 9.17) is 0 Å². The fourth-order valence-corrected chi connectivity index (χ4v) is 4.01. The first-order valence-corrected chi connectivity index (χ1v) is 9.90. The highest BCUT2D eigenvalue weighted by molar-refractivity contribution is 7.16. The van der Waals surface area contributed by atoms with Gasteiger partial charge in [-0.3, -0.25) is 9.59 Å². The van der Waals surface area contributed by atoms with Crippen molar-refractivity contribution in [2.45, 2.75) is 26.3 Å². The molecule has 1 aromatic carbocycles. The SMILES string of the molecule is CC(=O)NC(CC(=O)Nc1nc(-c2cccs2)cs1)c1ccc(C)cc1. The van der Waals surface area contributed by atoms with Gasteiger partial charge in [-0.2, -0.15) is 0 Å². The van der Waals surface area contributed by atoms with Crippen LogP contribution in [0.15, 0.2) is 47.2 Å². The van der Waals surface area contributed by atoms with Crippen molar-refractivity contribution in [2.24, 2.45) is 0 Å². The molecule has 134 valence electrons. The van der Waals surface area contributed by atoms with E-state index in [0.717, 1.165) is 21.7 Å². The number of rotatable bonds is 6. The van der Waals surface area contributed by atoms with E-state index in [-0.39, 0.29) is 24.3 Å². The second-order valence-electron chi connectivity index (χ2n) is 5.93. The number of hydrogen-bond donors (Lipinski definition) is 2. The third kappa shape index (κ3) is 4.77. The summed E-state index contributed by atoms with van der Waals surface area (Å²) in [7, 11) is 0. The molecular weight excluding hydrogens is 366 g/mol. The molecule has 0 spiro atoms. The quantitative estimate of drug-likeness (QED) is 0.661. The van der Waals surface area contributed by atoms with Crippen molar-refractivity contribution >= 4 is 39.6 Å². The highest BCUT2D eigenvalue weighted by Gasteiger charge is 2.18. The van der Waals surface area contributed by atoms with Crippen LogP contribution in [-0.4, -0.2) is 16.8 Å². The number of carbonyl (C=O) groups excluding carboxylic acids is 2. The highest BCUT2D eigenvalue weighted by Crippen LogP contribution is 2.28. The summed E-state index contributed by atoms with van der Waals surface area (Å²) in [5, 5.41) is 10.2. The molecule has 0 fully saturated rings. The van der Waals surface area contributed by atoms with Crippen LogP contribution in [0.5, 0.6) is 0 Å². The standard InChI is InChI=1S/C19H19N3O2S2/c1-12-5-7-14(8-6-12)15(20-13(2)23)10-18(24)22-19-21-16(11-26-19)17-4-3-9-25-17/h3-9,11,15H,10H2,1-2H3,(H,20,23)(H,21,22,24). The normalized spacial score (nSPS) is 11.8. The van der Waals surface area contributed by atoms with Crippen LogP contribution < -0.4 is 10.6 Å². The Morgan fingerprint density at radius 2 is 1.92 bits per heavy atom. The maximum atomic E-state index is 12.4. The van der Waals surface area contributed by atoms with Crippen molar-refractivity contribution < 1.29 is 9.59 Å². The molecule has 3 rings (SSSR count). The first kappa shape index (κ1) is 18.3. The van der Waals surface area contributed by atoms with Crippen LogP contribution in [0.25, 0.3) is 10.6 Å². The second-order valence-corrected chi connectivity index (χ2v) is 7.74. The number of hydrogen-bond acceptors (Lipinski definition) is 5. The Hall–Kier alpha value is -2.51. The lowest BCUT2D eigenvalue weighted by Crippen LogP contribution is -2.29. The molecule has 0 bridgehead atoms. The molecule has 0 radical (unpaired) electrons. The minimum atomic E-state index is -0.371. The summed E-state index contributed by atoms with van der Waals surface area (Å²) in [6.45, 7) is 3.45. The van der Waals surface area contributed by atoms with Crippen molar-refractivity contribution in [3.05, 3.63) is 58.3 Å². The third-order valence-electron chi connectivity index (χ3n) is 3.77. The number of aryl methyl sites for hydroxylation is 1. The molecule has 0 aliphatic carbocycles. The van der Waals surface area contributed by atoms with E-state index in [2.05, 4.69) is 15.6 Å². The molecule has 1 atom stereocenters. The lowest BCUT2D eigenvalue weighted by Gasteiger charge is -2.18. The van der Waals surface area contributed by atoms with Gasteiger partial charge in [-0.15, -0.1) is 22.7 Å². The van der Waals surface area contributed by atoms with Gasteiger partial charge < -0.3 is 10.6 Å². The summed E-state index contributed by atoms with van der Waals surface area (Å²) < 4.78 is 0. The molecule has 0 aliphatic heterocycles. The molecule has 7 heteroatoms. The van der Waals surface area contributed by atoms with E-state index in [0.29, 0.717) is 5.13 Å². The predicted octanol–water partition coefficient (Wildman–Crippen LogP) is 4.39. The largest absolute Gasteiger partial charge is 0.349 e. The van der Waals surface area contributed by atoms with Gasteiger partial charge in [0, 0.05) is 12.3 Å². The number of thiazole rings is 1. The molecule has 2 heterocycles. The van der Waals surface area contributed by atoms with Gasteiger partial charge in [-0.1, -0.05) is 35.9 Å². The predicted molar refractivity (Wildman–Crippen MR) is 106 cm³/mol. The molecule has 3 aromatic rings. The molecule has 2 amide bonds. The fourth-order valence-electron chi connectivity index (χ4n) is 2.52. The Morgan fingerprint density at radius 3 is 2.58 bits per heavy atom. The number of nitrogens with zero attached hydrogens (tertiary/aromatic N) is 1. The van der Waals surface area contributed by atoms with Gasteiger partial charge in [0.1, 0.15) is 0 Å². The van der Waals surface area contributed by atoms with E-state index in [9.17, 15) is 9.59 Å². The smallest absolute Gasteiger partial charge is 0.228 e. The van der Waals surface area contributed by atoms with Gasteiger partial charge in [0.2, 0.25) is 11.8 Å². The lowest BCUT2D eigenvalue weighted by atomic mass is 10.0. The summed E-state index contributed by atoms with van der Waals surface area (Å²) in [5.74, 6) is -0.353. The zero-order valence-corrected chi connectivity index (χ0v) is 16.1. The first-order valence-electron chi connectivity index (χ1n) is 8.14. The number of amides is 2. The van der Waals surface area contributed by atoms with Crippen molar-refractivity contribution in [3.63, 3.8) is 0 Å². The van der Waals surface area contributed by atoms with E-state index in [1.54, 1.807) is 11.3 Å². The van der Waals surface area contributed by atoms with Crippen LogP contribution in [-0.2, 0) is 9.59 Å². The summed E-state index contributed by atoms with van der Waals surface area (Å²) in [4.78, 5) is 29.5. The molecule has 26 heavy (non-hydrogen) atoms. The van der Waals surface area contributed by atoms with E-state index in [1.807, 2.05) is 54.1 Å². The zero-order chi connectivity index (χ0) is 18.5. The maximum absolute atomic E-state index is 12.4. The number of anilines is 1. The summed E-state index contributed by atoms with van der Waals surface area (Å²) >= 11 is 3.00. The summed E-state index contributed by atoms with van der Waals surface area (Å²) in [5.41, 5.74) is 2.89. The Kier molecular flexibility index (Phi) is 5.80. The van der Waals surface area contributed by atoms with Crippen LogP contribution in [0.1, 0.15) is 30.5 Å². The minimum absolute atomic E-state index is 0.149. The molecule has 0 saturated carbocycles. The molecule has 1 unspecified atom stereocenters. The molecule has 5 nitrogen and oxygen atoms in total. The van der Waals surface area contributed by atoms with Crippen molar-refractivity contribution in [3.8, 4) is 10.6 Å². The second kappa shape index (κ2) is 8.25. The topological polar surface area (TPSA) is 71.1 Å². The van der Waals surface area contributed by atoms with Crippen LogP contribution in [0.3, 0.4) is 0 Å². The Bertz CT molecular complexity index is 886. The van der Waals surface area contributed by atoms with Gasteiger partial charge in [0.15, 0.2) is 5.13 Å². The van der Waals surface area contributed by atoms with Crippen molar-refractivity contribution in [2.75, 3.05) is 5.32 Å². The monoisotopic (exact) mass is 385 g/mol. The van der Waals surface area contributed by atoms with Crippen LogP contribution in [0.4, 0.5) is 5.13 Å². The summed E-state index contributed by atoms with van der Waals surface area (Å²) in [6, 6.07) is 11.4. The van der Waals surface area contributed by atoms with E-state index < -0.39 is 0 Å². The van der Waals surface area contributed by atoms with Gasteiger partial charge in [-0.25, -0.2) is 4.98 Å². The van der Waals surface area contributed by atoms with Crippen molar-refractivity contribution in [1.82, 2.24) is 10.3 Å². The number of carbonyl (C=O) groups is 2. The Morgan fingerprint density at radius 1 is 1.15 bits per heavy atom. The molecule has 2 N–H and O–H groups in total. The van der Waals surface area contributed by atoms with Crippen molar-refractivity contribution in [1.29, 1.82) is 0 Å². The van der Waals surface area contributed by atoms with Crippen LogP contribution in [0, 0.1) is 6.92 Å². The first-order chi connectivity index (χ1) is 12.5. The number of aromatic nitrogens is 1. The Balaban J connectivity index is 1.67. The summed E-state index contributed by atoms with van der Waals surface area (Å²) in [6.07, 6.45) is 0.149. The maximum Gasteiger partial charge on any atom is 0.228 e. The van der Waals surface area contributed by atoms with Gasteiger partial charge >= 0.3 is 0 Å². The highest BCUT2D eigenvalue weighted by atomic mass is 32.1.